The van der Waals surface area contributed by atoms with Gasteiger partial charge in [0.1, 0.15) is 23.0 Å². The lowest BCUT2D eigenvalue weighted by molar-refractivity contribution is -0.121. The molecule has 1 fully saturated rings. The van der Waals surface area contributed by atoms with Crippen molar-refractivity contribution in [1.29, 1.82) is 5.41 Å². The Morgan fingerprint density at radius 3 is 2.58 bits per heavy atom. The van der Waals surface area contributed by atoms with Crippen LogP contribution in [-0.4, -0.2) is 88.5 Å². The van der Waals surface area contributed by atoms with Crippen LogP contribution >= 0.6 is 11.6 Å². The lowest BCUT2D eigenvalue weighted by Crippen LogP contribution is -2.53. The molecule has 0 saturated carbocycles. The Kier molecular flexibility index (Phi) is 10.9. The van der Waals surface area contributed by atoms with Crippen LogP contribution in [0.4, 0.5) is 16.3 Å². The number of carbonyl (C=O) groups excluding carboxylic acids is 3. The molecule has 4 N–H and O–H groups in total. The largest absolute Gasteiger partial charge is 0.482 e. The summed E-state index contributed by atoms with van der Waals surface area (Å²) in [4.78, 5) is 55.5. The standard InChI is InChI=1S/C35H43ClN8O6/c1-19(2)11-24-31(32(38)46)30(20-7-8-25-26(12-20)49-18-29(45)44(25)17-28-39-14-21(36)15-40-28)22(13-37)33(42-24)41-23-9-10-43(16-27(23)48-6)34(47)50-35(3,4)5/h7-8,12-15,19,23,27,37H,9-11,16-18H2,1-6H3,(H2,38,46)(H,41,42). The second kappa shape index (κ2) is 15.0. The molecule has 5 rings (SSSR count). The highest BCUT2D eigenvalue weighted by molar-refractivity contribution is 6.30. The number of hydrogen-bond acceptors (Lipinski definition) is 11. The number of aromatic nitrogens is 3. The molecule has 2 aromatic heterocycles. The number of halogens is 1. The Balaban J connectivity index is 1.55. The van der Waals surface area contributed by atoms with E-state index in [0.29, 0.717) is 69.9 Å². The zero-order valence-corrected chi connectivity index (χ0v) is 29.8. The molecule has 3 aromatic rings. The summed E-state index contributed by atoms with van der Waals surface area (Å²) >= 11 is 5.95. The first-order chi connectivity index (χ1) is 23.7. The maximum absolute atomic E-state index is 13.2. The van der Waals surface area contributed by atoms with Crippen LogP contribution < -0.4 is 20.7 Å². The first-order valence-electron chi connectivity index (χ1n) is 16.4. The number of hydrogen-bond donors (Lipinski definition) is 3. The van der Waals surface area contributed by atoms with Crippen LogP contribution in [0.15, 0.2) is 30.6 Å². The number of methoxy groups -OCH3 is 1. The Bertz CT molecular complexity index is 1780. The van der Waals surface area contributed by atoms with E-state index in [4.69, 9.17) is 41.9 Å². The van der Waals surface area contributed by atoms with Gasteiger partial charge in [0.15, 0.2) is 6.61 Å². The highest BCUT2D eigenvalue weighted by Gasteiger charge is 2.35. The van der Waals surface area contributed by atoms with E-state index in [0.717, 1.165) is 6.21 Å². The van der Waals surface area contributed by atoms with Gasteiger partial charge in [-0.1, -0.05) is 31.5 Å². The van der Waals surface area contributed by atoms with E-state index >= 15 is 0 Å². The molecule has 0 spiro atoms. The van der Waals surface area contributed by atoms with Crippen molar-refractivity contribution in [3.05, 3.63) is 58.3 Å². The van der Waals surface area contributed by atoms with Gasteiger partial charge in [-0.2, -0.15) is 0 Å². The molecule has 14 nitrogen and oxygen atoms in total. The lowest BCUT2D eigenvalue weighted by Gasteiger charge is -2.39. The van der Waals surface area contributed by atoms with Gasteiger partial charge in [-0.25, -0.2) is 19.7 Å². The molecule has 2 unspecified atom stereocenters. The van der Waals surface area contributed by atoms with E-state index in [1.807, 2.05) is 34.6 Å². The molecule has 0 bridgehead atoms. The van der Waals surface area contributed by atoms with Crippen LogP contribution in [0, 0.1) is 11.3 Å². The third kappa shape index (κ3) is 8.13. The van der Waals surface area contributed by atoms with E-state index in [-0.39, 0.29) is 43.1 Å². The van der Waals surface area contributed by atoms with E-state index in [1.165, 1.54) is 17.3 Å². The smallest absolute Gasteiger partial charge is 0.410 e. The highest BCUT2D eigenvalue weighted by Crippen LogP contribution is 2.41. The molecule has 1 aromatic carbocycles. The van der Waals surface area contributed by atoms with Gasteiger partial charge >= 0.3 is 6.09 Å². The van der Waals surface area contributed by atoms with E-state index in [9.17, 15) is 14.4 Å². The number of amides is 3. The van der Waals surface area contributed by atoms with Crippen LogP contribution in [0.2, 0.25) is 5.02 Å². The summed E-state index contributed by atoms with van der Waals surface area (Å²) in [5, 5.41) is 12.4. The minimum atomic E-state index is -0.687. The second-order valence-corrected chi connectivity index (χ2v) is 14.1. The number of fused-ring (bicyclic) bond motifs is 1. The summed E-state index contributed by atoms with van der Waals surface area (Å²) in [5.41, 5.74) is 7.88. The average Bonchev–Trinajstić information content (AvgIpc) is 3.05. The van der Waals surface area contributed by atoms with Crippen LogP contribution in [0.1, 0.15) is 68.5 Å². The zero-order chi connectivity index (χ0) is 36.3. The van der Waals surface area contributed by atoms with Gasteiger partial charge in [0.2, 0.25) is 0 Å². The summed E-state index contributed by atoms with van der Waals surface area (Å²) in [5.74, 6) is 0.334. The number of anilines is 2. The Hall–Kier alpha value is -4.82. The molecule has 2 aliphatic heterocycles. The minimum absolute atomic E-state index is 0.0965. The number of carbonyl (C=O) groups is 3. The van der Waals surface area contributed by atoms with Crippen LogP contribution in [0.5, 0.6) is 5.75 Å². The maximum atomic E-state index is 13.2. The van der Waals surface area contributed by atoms with Crippen LogP contribution in [0.25, 0.3) is 11.1 Å². The average molecular weight is 707 g/mol. The fourth-order valence-corrected chi connectivity index (χ4v) is 6.18. The Morgan fingerprint density at radius 2 is 1.96 bits per heavy atom. The Labute approximate surface area is 296 Å². The summed E-state index contributed by atoms with van der Waals surface area (Å²) in [6.45, 7) is 10.1. The van der Waals surface area contributed by atoms with Crippen molar-refractivity contribution >= 4 is 47.2 Å². The molecule has 50 heavy (non-hydrogen) atoms. The predicted octanol–water partition coefficient (Wildman–Crippen LogP) is 4.85. The molecule has 1 saturated heterocycles. The summed E-state index contributed by atoms with van der Waals surface area (Å²) < 4.78 is 17.3. The van der Waals surface area contributed by atoms with Gasteiger partial charge in [-0.05, 0) is 57.2 Å². The van der Waals surface area contributed by atoms with Crippen molar-refractivity contribution in [1.82, 2.24) is 19.9 Å². The van der Waals surface area contributed by atoms with Gasteiger partial charge in [0, 0.05) is 43.4 Å². The molecule has 0 aliphatic carbocycles. The number of benzene rings is 1. The van der Waals surface area contributed by atoms with Crippen molar-refractivity contribution < 1.29 is 28.6 Å². The molecular weight excluding hydrogens is 664 g/mol. The van der Waals surface area contributed by atoms with Crippen molar-refractivity contribution in [2.45, 2.75) is 71.8 Å². The molecule has 4 heterocycles. The normalized spacial score (nSPS) is 17.6. The molecule has 2 atom stereocenters. The van der Waals surface area contributed by atoms with Gasteiger partial charge in [-0.15, -0.1) is 0 Å². The monoisotopic (exact) mass is 706 g/mol. The Morgan fingerprint density at radius 1 is 1.24 bits per heavy atom. The molecule has 15 heteroatoms. The van der Waals surface area contributed by atoms with Crippen molar-refractivity contribution in [3.63, 3.8) is 0 Å². The molecule has 0 radical (unpaired) electrons. The molecule has 266 valence electrons. The highest BCUT2D eigenvalue weighted by atomic mass is 35.5. The first-order valence-corrected chi connectivity index (χ1v) is 16.7. The third-order valence-corrected chi connectivity index (χ3v) is 8.50. The van der Waals surface area contributed by atoms with E-state index < -0.39 is 23.7 Å². The number of pyridine rings is 1. The first kappa shape index (κ1) is 36.5. The van der Waals surface area contributed by atoms with Crippen LogP contribution in [-0.2, 0) is 27.2 Å². The third-order valence-electron chi connectivity index (χ3n) is 8.30. The van der Waals surface area contributed by atoms with Crippen LogP contribution in [0.3, 0.4) is 0 Å². The molecule has 3 amide bonds. The lowest BCUT2D eigenvalue weighted by atomic mass is 9.90. The topological polar surface area (TPSA) is 186 Å². The van der Waals surface area contributed by atoms with E-state index in [2.05, 4.69) is 15.3 Å². The maximum Gasteiger partial charge on any atom is 0.410 e. The quantitative estimate of drug-likeness (QED) is 0.246. The summed E-state index contributed by atoms with van der Waals surface area (Å²) in [6, 6.07) is 4.92. The fourth-order valence-electron chi connectivity index (χ4n) is 6.08. The van der Waals surface area contributed by atoms with Gasteiger partial charge < -0.3 is 35.6 Å². The fraction of sp³-hybridized carbons (Fsp3) is 0.457. The number of rotatable bonds is 10. The number of ether oxygens (including phenoxy) is 3. The predicted molar refractivity (Wildman–Crippen MR) is 189 cm³/mol. The van der Waals surface area contributed by atoms with Gasteiger partial charge in [0.25, 0.3) is 11.8 Å². The minimum Gasteiger partial charge on any atom is -0.482 e. The number of piperidine rings is 1. The van der Waals surface area contributed by atoms with Crippen molar-refractivity contribution in [3.8, 4) is 16.9 Å². The van der Waals surface area contributed by atoms with Gasteiger partial charge in [0.05, 0.1) is 47.2 Å². The molecule has 2 aliphatic rings. The number of primary amides is 1. The number of nitrogens with zero attached hydrogens (tertiary/aromatic N) is 5. The summed E-state index contributed by atoms with van der Waals surface area (Å²) in [6.07, 6.45) is 4.18. The second-order valence-electron chi connectivity index (χ2n) is 13.7. The SMILES string of the molecule is COC1CN(C(=O)OC(C)(C)C)CCC1Nc1nc(CC(C)C)c(C(N)=O)c(-c2ccc3c(c2)OCC(=O)N3Cc2ncc(Cl)cn2)c1C=N. The number of likely N-dealkylation sites (tertiary alicyclic amines) is 1. The number of nitrogens with two attached hydrogens (primary N) is 1. The summed E-state index contributed by atoms with van der Waals surface area (Å²) in [7, 11) is 1.58. The number of nitrogens with one attached hydrogen (secondary N) is 2. The van der Waals surface area contributed by atoms with E-state index in [1.54, 1.807) is 30.2 Å². The zero-order valence-electron chi connectivity index (χ0n) is 29.1. The van der Waals surface area contributed by atoms with Crippen molar-refractivity contribution in [2.24, 2.45) is 11.7 Å². The van der Waals surface area contributed by atoms with Crippen molar-refractivity contribution in [2.75, 3.05) is 37.0 Å². The van der Waals surface area contributed by atoms with Gasteiger partial charge in [-0.3, -0.25) is 14.5 Å². The molecular formula is C35H43ClN8O6.